The molecule has 0 aromatic heterocycles. The van der Waals surface area contributed by atoms with Crippen molar-refractivity contribution in [3.05, 3.63) is 65.7 Å². The van der Waals surface area contributed by atoms with Gasteiger partial charge in [0, 0.05) is 0 Å². The van der Waals surface area contributed by atoms with Crippen molar-refractivity contribution in [1.82, 2.24) is 0 Å². The molecule has 0 spiro atoms. The van der Waals surface area contributed by atoms with E-state index >= 15 is 0 Å². The molecule has 2 aromatic rings. The predicted octanol–water partition coefficient (Wildman–Crippen LogP) is 5.17. The molecule has 0 nitrogen and oxygen atoms in total. The molecule has 0 saturated heterocycles. The van der Waals surface area contributed by atoms with E-state index in [0.717, 1.165) is 6.42 Å². The fraction of sp³-hybridized carbons (Fsp3) is 0.176. The Morgan fingerprint density at radius 2 is 1.47 bits per heavy atom. The highest BCUT2D eigenvalue weighted by molar-refractivity contribution is 5.65. The Kier molecular flexibility index (Phi) is 3.77. The summed E-state index contributed by atoms with van der Waals surface area (Å²) >= 11 is 0. The summed E-state index contributed by atoms with van der Waals surface area (Å²) in [5.74, 6) is 0. The average molecular weight is 222 g/mol. The van der Waals surface area contributed by atoms with Crippen LogP contribution in [0.4, 0.5) is 0 Å². The van der Waals surface area contributed by atoms with Crippen LogP contribution in [0.2, 0.25) is 0 Å². The molecule has 0 fully saturated rings. The van der Waals surface area contributed by atoms with Crippen LogP contribution >= 0.6 is 0 Å². The zero-order valence-electron chi connectivity index (χ0n) is 10.5. The third-order valence-electron chi connectivity index (χ3n) is 2.99. The Morgan fingerprint density at radius 3 is 2.06 bits per heavy atom. The molecule has 0 radical (unpaired) electrons. The van der Waals surface area contributed by atoms with Gasteiger partial charge in [-0.1, -0.05) is 73.2 Å². The first kappa shape index (κ1) is 11.7. The fourth-order valence-electron chi connectivity index (χ4n) is 1.79. The van der Waals surface area contributed by atoms with Crippen LogP contribution in [0.25, 0.3) is 17.2 Å². The third-order valence-corrected chi connectivity index (χ3v) is 2.99. The van der Waals surface area contributed by atoms with E-state index in [2.05, 4.69) is 68.5 Å². The minimum Gasteiger partial charge on any atom is -0.0730 e. The summed E-state index contributed by atoms with van der Waals surface area (Å²) in [6, 6.07) is 19.2. The molecule has 0 N–H and O–H groups in total. The summed E-state index contributed by atoms with van der Waals surface area (Å²) in [7, 11) is 0. The molecule has 0 atom stereocenters. The highest BCUT2D eigenvalue weighted by atomic mass is 14.0. The van der Waals surface area contributed by atoms with Crippen LogP contribution in [-0.2, 0) is 0 Å². The zero-order chi connectivity index (χ0) is 12.1. The summed E-state index contributed by atoms with van der Waals surface area (Å²) in [6.07, 6.45) is 3.36. The predicted molar refractivity (Wildman–Crippen MR) is 75.8 cm³/mol. The van der Waals surface area contributed by atoms with Gasteiger partial charge >= 0.3 is 0 Å². The molecule has 0 bridgehead atoms. The van der Waals surface area contributed by atoms with Gasteiger partial charge in [0.2, 0.25) is 0 Å². The maximum absolute atomic E-state index is 2.24. The molecule has 0 heterocycles. The minimum atomic E-state index is 1.11. The van der Waals surface area contributed by atoms with Gasteiger partial charge in [-0.25, -0.2) is 0 Å². The molecule has 0 saturated carbocycles. The summed E-state index contributed by atoms with van der Waals surface area (Å²) < 4.78 is 0. The standard InChI is InChI=1S/C17H18/c1-3-14(2)13-15-9-11-17(12-10-15)16-7-5-4-6-8-16/h4-13H,3H2,1-2H3/b14-13+. The van der Waals surface area contributed by atoms with E-state index in [4.69, 9.17) is 0 Å². The highest BCUT2D eigenvalue weighted by Gasteiger charge is 1.96. The largest absolute Gasteiger partial charge is 0.0730 e. The smallest absolute Gasteiger partial charge is 0.0184 e. The van der Waals surface area contributed by atoms with Crippen LogP contribution < -0.4 is 0 Å². The van der Waals surface area contributed by atoms with Crippen LogP contribution in [0.1, 0.15) is 25.8 Å². The van der Waals surface area contributed by atoms with Crippen molar-refractivity contribution >= 4 is 6.08 Å². The Bertz CT molecular complexity index is 489. The number of hydrogen-bond donors (Lipinski definition) is 0. The highest BCUT2D eigenvalue weighted by Crippen LogP contribution is 2.20. The maximum atomic E-state index is 2.24. The molecule has 0 aliphatic carbocycles. The molecule has 0 unspecified atom stereocenters. The van der Waals surface area contributed by atoms with Crippen LogP contribution in [0.15, 0.2) is 60.2 Å². The van der Waals surface area contributed by atoms with E-state index in [-0.39, 0.29) is 0 Å². The molecule has 0 heteroatoms. The summed E-state index contributed by atoms with van der Waals surface area (Å²) in [6.45, 7) is 4.36. The first-order chi connectivity index (χ1) is 8.29. The van der Waals surface area contributed by atoms with Gasteiger partial charge in [-0.15, -0.1) is 0 Å². The zero-order valence-corrected chi connectivity index (χ0v) is 10.5. The molecular weight excluding hydrogens is 204 g/mol. The number of allylic oxidation sites excluding steroid dienone is 1. The lowest BCUT2D eigenvalue weighted by Crippen LogP contribution is -1.79. The second-order valence-electron chi connectivity index (χ2n) is 4.33. The van der Waals surface area contributed by atoms with Crippen LogP contribution in [-0.4, -0.2) is 0 Å². The monoisotopic (exact) mass is 222 g/mol. The van der Waals surface area contributed by atoms with E-state index in [0.29, 0.717) is 0 Å². The Labute approximate surface area is 104 Å². The van der Waals surface area contributed by atoms with Crippen LogP contribution in [0, 0.1) is 0 Å². The van der Waals surface area contributed by atoms with Gasteiger partial charge in [0.05, 0.1) is 0 Å². The molecule has 2 rings (SSSR count). The number of rotatable bonds is 3. The Hall–Kier alpha value is -1.82. The molecule has 0 aliphatic heterocycles. The van der Waals surface area contributed by atoms with Gasteiger partial charge in [0.1, 0.15) is 0 Å². The van der Waals surface area contributed by atoms with E-state index in [9.17, 15) is 0 Å². The first-order valence-corrected chi connectivity index (χ1v) is 6.12. The number of benzene rings is 2. The molecule has 2 aromatic carbocycles. The van der Waals surface area contributed by atoms with E-state index < -0.39 is 0 Å². The van der Waals surface area contributed by atoms with Crippen molar-refractivity contribution in [3.63, 3.8) is 0 Å². The normalized spacial score (nSPS) is 11.5. The quantitative estimate of drug-likeness (QED) is 0.672. The average Bonchev–Trinajstić information content (AvgIpc) is 2.40. The molecule has 0 amide bonds. The molecular formula is C17H18. The second kappa shape index (κ2) is 5.49. The Balaban J connectivity index is 2.25. The van der Waals surface area contributed by atoms with Crippen LogP contribution in [0.5, 0.6) is 0 Å². The first-order valence-electron chi connectivity index (χ1n) is 6.12. The van der Waals surface area contributed by atoms with E-state index in [1.807, 2.05) is 6.07 Å². The van der Waals surface area contributed by atoms with Gasteiger partial charge < -0.3 is 0 Å². The molecule has 0 aliphatic rings. The van der Waals surface area contributed by atoms with Crippen LogP contribution in [0.3, 0.4) is 0 Å². The van der Waals surface area contributed by atoms with E-state index in [1.54, 1.807) is 0 Å². The van der Waals surface area contributed by atoms with Crippen molar-refractivity contribution in [2.24, 2.45) is 0 Å². The lowest BCUT2D eigenvalue weighted by atomic mass is 10.0. The minimum absolute atomic E-state index is 1.11. The summed E-state index contributed by atoms with van der Waals surface area (Å²) in [5, 5.41) is 0. The topological polar surface area (TPSA) is 0 Å². The molecule has 17 heavy (non-hydrogen) atoms. The van der Waals surface area contributed by atoms with E-state index in [1.165, 1.54) is 22.3 Å². The van der Waals surface area contributed by atoms with Gasteiger partial charge in [0.15, 0.2) is 0 Å². The van der Waals surface area contributed by atoms with Crippen molar-refractivity contribution in [3.8, 4) is 11.1 Å². The van der Waals surface area contributed by atoms with Crippen molar-refractivity contribution in [1.29, 1.82) is 0 Å². The number of hydrogen-bond acceptors (Lipinski definition) is 0. The van der Waals surface area contributed by atoms with Crippen molar-refractivity contribution < 1.29 is 0 Å². The summed E-state index contributed by atoms with van der Waals surface area (Å²) in [5.41, 5.74) is 5.24. The lowest BCUT2D eigenvalue weighted by Gasteiger charge is -2.02. The lowest BCUT2D eigenvalue weighted by molar-refractivity contribution is 1.11. The summed E-state index contributed by atoms with van der Waals surface area (Å²) in [4.78, 5) is 0. The fourth-order valence-corrected chi connectivity index (χ4v) is 1.79. The van der Waals surface area contributed by atoms with Gasteiger partial charge in [-0.05, 0) is 30.0 Å². The molecule has 86 valence electrons. The second-order valence-corrected chi connectivity index (χ2v) is 4.33. The van der Waals surface area contributed by atoms with Gasteiger partial charge in [0.25, 0.3) is 0 Å². The Morgan fingerprint density at radius 1 is 0.882 bits per heavy atom. The third kappa shape index (κ3) is 3.07. The van der Waals surface area contributed by atoms with Crippen molar-refractivity contribution in [2.45, 2.75) is 20.3 Å². The van der Waals surface area contributed by atoms with Gasteiger partial charge in [-0.3, -0.25) is 0 Å². The van der Waals surface area contributed by atoms with Gasteiger partial charge in [-0.2, -0.15) is 0 Å². The maximum Gasteiger partial charge on any atom is -0.0184 e. The SMILES string of the molecule is CC/C(C)=C/c1ccc(-c2ccccc2)cc1. The van der Waals surface area contributed by atoms with Crippen molar-refractivity contribution in [2.75, 3.05) is 0 Å².